The third-order valence-electron chi connectivity index (χ3n) is 2.74. The maximum absolute atomic E-state index is 12.7. The highest BCUT2D eigenvalue weighted by Crippen LogP contribution is 2.15. The summed E-state index contributed by atoms with van der Waals surface area (Å²) in [4.78, 5) is 15.3. The fourth-order valence-corrected chi connectivity index (χ4v) is 1.47. The average Bonchev–Trinajstić information content (AvgIpc) is 2.79. The van der Waals surface area contributed by atoms with E-state index < -0.39 is 0 Å². The van der Waals surface area contributed by atoms with Crippen molar-refractivity contribution in [2.75, 3.05) is 0 Å². The van der Waals surface area contributed by atoms with E-state index in [1.807, 2.05) is 0 Å². The van der Waals surface area contributed by atoms with Gasteiger partial charge in [0, 0.05) is 6.42 Å². The van der Waals surface area contributed by atoms with Gasteiger partial charge in [0.05, 0.1) is 5.92 Å². The molecule has 1 atom stereocenters. The lowest BCUT2D eigenvalue weighted by atomic mass is 10.1. The van der Waals surface area contributed by atoms with Crippen LogP contribution in [0.25, 0.3) is 0 Å². The SMILES string of the molecule is CC(=O)C(C)c1nc(Cc2ccc(F)cc2)no1. The van der Waals surface area contributed by atoms with Crippen molar-refractivity contribution in [3.05, 3.63) is 47.4 Å². The van der Waals surface area contributed by atoms with Gasteiger partial charge in [0.2, 0.25) is 5.89 Å². The predicted octanol–water partition coefficient (Wildman–Crippen LogP) is 2.49. The summed E-state index contributed by atoms with van der Waals surface area (Å²) in [7, 11) is 0. The number of halogens is 1. The molecule has 0 bridgehead atoms. The summed E-state index contributed by atoms with van der Waals surface area (Å²) in [5, 5.41) is 3.81. The summed E-state index contributed by atoms with van der Waals surface area (Å²) in [6.07, 6.45) is 0.453. The van der Waals surface area contributed by atoms with Crippen molar-refractivity contribution in [1.82, 2.24) is 10.1 Å². The van der Waals surface area contributed by atoms with Crippen LogP contribution in [0.15, 0.2) is 28.8 Å². The first-order chi connectivity index (χ1) is 8.56. The second kappa shape index (κ2) is 5.08. The van der Waals surface area contributed by atoms with Crippen LogP contribution in [0.1, 0.15) is 37.0 Å². The van der Waals surface area contributed by atoms with Gasteiger partial charge in [-0.05, 0) is 31.5 Å². The fourth-order valence-electron chi connectivity index (χ4n) is 1.47. The maximum Gasteiger partial charge on any atom is 0.236 e. The van der Waals surface area contributed by atoms with Gasteiger partial charge in [-0.3, -0.25) is 4.79 Å². The van der Waals surface area contributed by atoms with Crippen LogP contribution in [-0.4, -0.2) is 15.9 Å². The minimum Gasteiger partial charge on any atom is -0.339 e. The van der Waals surface area contributed by atoms with Crippen molar-refractivity contribution in [1.29, 1.82) is 0 Å². The Morgan fingerprint density at radius 1 is 1.39 bits per heavy atom. The summed E-state index contributed by atoms with van der Waals surface area (Å²) in [5.74, 6) is 0.119. The van der Waals surface area contributed by atoms with E-state index in [0.29, 0.717) is 18.1 Å². The van der Waals surface area contributed by atoms with E-state index in [-0.39, 0.29) is 17.5 Å². The summed E-state index contributed by atoms with van der Waals surface area (Å²) in [6, 6.07) is 6.10. The molecule has 0 N–H and O–H groups in total. The molecule has 0 aliphatic rings. The van der Waals surface area contributed by atoms with E-state index in [4.69, 9.17) is 4.52 Å². The molecule has 0 amide bonds. The van der Waals surface area contributed by atoms with Gasteiger partial charge in [-0.2, -0.15) is 4.98 Å². The summed E-state index contributed by atoms with van der Waals surface area (Å²) >= 11 is 0. The number of carbonyl (C=O) groups is 1. The normalized spacial score (nSPS) is 12.4. The number of nitrogens with zero attached hydrogens (tertiary/aromatic N) is 2. The summed E-state index contributed by atoms with van der Waals surface area (Å²) < 4.78 is 17.8. The van der Waals surface area contributed by atoms with Crippen LogP contribution >= 0.6 is 0 Å². The zero-order chi connectivity index (χ0) is 13.1. The van der Waals surface area contributed by atoms with Crippen molar-refractivity contribution < 1.29 is 13.7 Å². The van der Waals surface area contributed by atoms with Gasteiger partial charge in [-0.1, -0.05) is 17.3 Å². The molecule has 5 heteroatoms. The topological polar surface area (TPSA) is 56.0 Å². The highest BCUT2D eigenvalue weighted by Gasteiger charge is 2.18. The zero-order valence-electron chi connectivity index (χ0n) is 10.2. The van der Waals surface area contributed by atoms with Crippen molar-refractivity contribution in [2.45, 2.75) is 26.2 Å². The van der Waals surface area contributed by atoms with Gasteiger partial charge >= 0.3 is 0 Å². The minimum absolute atomic E-state index is 0.0213. The molecule has 2 rings (SSSR count). The third-order valence-corrected chi connectivity index (χ3v) is 2.74. The Morgan fingerprint density at radius 3 is 2.67 bits per heavy atom. The smallest absolute Gasteiger partial charge is 0.236 e. The Labute approximate surface area is 104 Å². The lowest BCUT2D eigenvalue weighted by Gasteiger charge is -1.98. The molecule has 1 aromatic heterocycles. The first-order valence-electron chi connectivity index (χ1n) is 5.63. The van der Waals surface area contributed by atoms with E-state index in [0.717, 1.165) is 5.56 Å². The highest BCUT2D eigenvalue weighted by molar-refractivity contribution is 5.81. The predicted molar refractivity (Wildman–Crippen MR) is 62.6 cm³/mol. The first kappa shape index (κ1) is 12.4. The Kier molecular flexibility index (Phi) is 3.50. The van der Waals surface area contributed by atoms with Crippen LogP contribution in [-0.2, 0) is 11.2 Å². The average molecular weight is 248 g/mol. The van der Waals surface area contributed by atoms with Crippen LogP contribution in [0, 0.1) is 5.82 Å². The van der Waals surface area contributed by atoms with Gasteiger partial charge in [0.15, 0.2) is 5.82 Å². The second-order valence-corrected chi connectivity index (χ2v) is 4.18. The molecule has 1 unspecified atom stereocenters. The molecular weight excluding hydrogens is 235 g/mol. The fraction of sp³-hybridized carbons (Fsp3) is 0.308. The lowest BCUT2D eigenvalue weighted by molar-refractivity contribution is -0.118. The maximum atomic E-state index is 12.7. The number of Topliss-reactive ketones (excluding diaryl/α,β-unsaturated/α-hetero) is 1. The second-order valence-electron chi connectivity index (χ2n) is 4.18. The van der Waals surface area contributed by atoms with Gasteiger partial charge < -0.3 is 4.52 Å². The zero-order valence-corrected chi connectivity index (χ0v) is 10.2. The number of carbonyl (C=O) groups excluding carboxylic acids is 1. The van der Waals surface area contributed by atoms with Crippen molar-refractivity contribution in [3.8, 4) is 0 Å². The molecule has 0 aliphatic heterocycles. The van der Waals surface area contributed by atoms with E-state index in [2.05, 4.69) is 10.1 Å². The Balaban J connectivity index is 2.11. The molecule has 0 fully saturated rings. The summed E-state index contributed by atoms with van der Waals surface area (Å²) in [5.41, 5.74) is 0.888. The molecule has 4 nitrogen and oxygen atoms in total. The Morgan fingerprint density at radius 2 is 2.06 bits per heavy atom. The first-order valence-corrected chi connectivity index (χ1v) is 5.63. The molecule has 0 radical (unpaired) electrons. The van der Waals surface area contributed by atoms with Crippen LogP contribution in [0.5, 0.6) is 0 Å². The van der Waals surface area contributed by atoms with E-state index >= 15 is 0 Å². The third kappa shape index (κ3) is 2.80. The Bertz CT molecular complexity index is 548. The summed E-state index contributed by atoms with van der Waals surface area (Å²) in [6.45, 7) is 3.20. The number of hydrogen-bond acceptors (Lipinski definition) is 4. The van der Waals surface area contributed by atoms with Crippen molar-refractivity contribution in [3.63, 3.8) is 0 Å². The van der Waals surface area contributed by atoms with Crippen LogP contribution in [0.3, 0.4) is 0 Å². The van der Waals surface area contributed by atoms with Crippen molar-refractivity contribution in [2.24, 2.45) is 0 Å². The number of aromatic nitrogens is 2. The molecule has 1 aromatic carbocycles. The number of benzene rings is 1. The lowest BCUT2D eigenvalue weighted by Crippen LogP contribution is -2.04. The van der Waals surface area contributed by atoms with Crippen molar-refractivity contribution >= 4 is 5.78 Å². The largest absolute Gasteiger partial charge is 0.339 e. The molecule has 2 aromatic rings. The Hall–Kier alpha value is -2.04. The molecule has 0 spiro atoms. The molecule has 18 heavy (non-hydrogen) atoms. The molecular formula is C13H13FN2O2. The van der Waals surface area contributed by atoms with E-state index in [1.165, 1.54) is 19.1 Å². The van der Waals surface area contributed by atoms with Gasteiger partial charge in [0.1, 0.15) is 11.6 Å². The standard InChI is InChI=1S/C13H13FN2O2/c1-8(9(2)17)13-15-12(16-18-13)7-10-3-5-11(14)6-4-10/h3-6,8H,7H2,1-2H3. The van der Waals surface area contributed by atoms with E-state index in [1.54, 1.807) is 19.1 Å². The van der Waals surface area contributed by atoms with Crippen LogP contribution in [0.4, 0.5) is 4.39 Å². The van der Waals surface area contributed by atoms with E-state index in [9.17, 15) is 9.18 Å². The minimum atomic E-state index is -0.389. The molecule has 94 valence electrons. The van der Waals surface area contributed by atoms with Crippen LogP contribution < -0.4 is 0 Å². The molecule has 0 aliphatic carbocycles. The van der Waals surface area contributed by atoms with Crippen LogP contribution in [0.2, 0.25) is 0 Å². The number of rotatable bonds is 4. The number of ketones is 1. The number of hydrogen-bond donors (Lipinski definition) is 0. The molecule has 0 saturated heterocycles. The molecule has 1 heterocycles. The van der Waals surface area contributed by atoms with Gasteiger partial charge in [-0.25, -0.2) is 4.39 Å². The van der Waals surface area contributed by atoms with Gasteiger partial charge in [0.25, 0.3) is 0 Å². The highest BCUT2D eigenvalue weighted by atomic mass is 19.1. The quantitative estimate of drug-likeness (QED) is 0.834. The monoisotopic (exact) mass is 248 g/mol. The van der Waals surface area contributed by atoms with Gasteiger partial charge in [-0.15, -0.1) is 0 Å². The molecule has 0 saturated carbocycles.